The number of anilines is 1. The van der Waals surface area contributed by atoms with E-state index in [0.29, 0.717) is 18.9 Å². The number of aliphatic carboxylic acids is 1. The Morgan fingerprint density at radius 3 is 2.40 bits per heavy atom. The van der Waals surface area contributed by atoms with Crippen LogP contribution in [0.1, 0.15) is 26.2 Å². The number of hydrogen-bond donors (Lipinski definition) is 3. The molecule has 0 fully saturated rings. The van der Waals surface area contributed by atoms with E-state index in [1.165, 1.54) is 0 Å². The van der Waals surface area contributed by atoms with E-state index in [-0.39, 0.29) is 18.2 Å². The second-order valence-corrected chi connectivity index (χ2v) is 4.44. The minimum Gasteiger partial charge on any atom is -0.481 e. The molecular weight excluding hydrogens is 270 g/mol. The molecule has 3 N–H and O–H groups in total. The lowest BCUT2D eigenvalue weighted by molar-refractivity contribution is -0.137. The highest BCUT2D eigenvalue weighted by Crippen LogP contribution is 2.12. The summed E-state index contributed by atoms with van der Waals surface area (Å²) in [4.78, 5) is 21.9. The Hall–Kier alpha value is -2.18. The molecule has 0 saturated heterocycles. The summed E-state index contributed by atoms with van der Waals surface area (Å²) in [7, 11) is 0. The SMILES string of the molecule is CC(CCCC(=O)O)NC(=O)Nc1cc(F)cc(F)c1. The molecule has 1 rings (SSSR count). The number of carboxylic acid groups (broad SMARTS) is 1. The first-order valence-electron chi connectivity index (χ1n) is 6.12. The number of hydrogen-bond acceptors (Lipinski definition) is 2. The number of nitrogens with one attached hydrogen (secondary N) is 2. The van der Waals surface area contributed by atoms with Crippen LogP contribution in [0.25, 0.3) is 0 Å². The average molecular weight is 286 g/mol. The Morgan fingerprint density at radius 2 is 1.85 bits per heavy atom. The van der Waals surface area contributed by atoms with Crippen LogP contribution in [0, 0.1) is 11.6 Å². The third kappa shape index (κ3) is 6.12. The number of urea groups is 1. The zero-order chi connectivity index (χ0) is 15.1. The van der Waals surface area contributed by atoms with Gasteiger partial charge in [-0.1, -0.05) is 0 Å². The van der Waals surface area contributed by atoms with E-state index >= 15 is 0 Å². The van der Waals surface area contributed by atoms with Crippen molar-refractivity contribution in [3.8, 4) is 0 Å². The predicted molar refractivity (Wildman–Crippen MR) is 69.5 cm³/mol. The maximum atomic E-state index is 12.9. The van der Waals surface area contributed by atoms with Crippen molar-refractivity contribution in [2.75, 3.05) is 5.32 Å². The number of amides is 2. The van der Waals surface area contributed by atoms with Gasteiger partial charge < -0.3 is 15.7 Å². The van der Waals surface area contributed by atoms with E-state index in [4.69, 9.17) is 5.11 Å². The molecule has 110 valence electrons. The molecule has 20 heavy (non-hydrogen) atoms. The normalized spacial score (nSPS) is 11.8. The van der Waals surface area contributed by atoms with E-state index in [1.54, 1.807) is 6.92 Å². The van der Waals surface area contributed by atoms with Gasteiger partial charge in [-0.15, -0.1) is 0 Å². The molecule has 0 aromatic heterocycles. The van der Waals surface area contributed by atoms with Crippen LogP contribution in [0.5, 0.6) is 0 Å². The molecular formula is C13H16F2N2O3. The third-order valence-electron chi connectivity index (χ3n) is 2.53. The second kappa shape index (κ2) is 7.42. The van der Waals surface area contributed by atoms with E-state index in [1.807, 2.05) is 0 Å². The monoisotopic (exact) mass is 286 g/mol. The summed E-state index contributed by atoms with van der Waals surface area (Å²) < 4.78 is 25.8. The summed E-state index contributed by atoms with van der Waals surface area (Å²) in [6.07, 6.45) is 0.964. The van der Waals surface area contributed by atoms with Crippen LogP contribution in [-0.2, 0) is 4.79 Å². The molecule has 0 aliphatic carbocycles. The molecule has 0 radical (unpaired) electrons. The fraction of sp³-hybridized carbons (Fsp3) is 0.385. The maximum absolute atomic E-state index is 12.9. The second-order valence-electron chi connectivity index (χ2n) is 4.44. The number of carbonyl (C=O) groups excluding carboxylic acids is 1. The van der Waals surface area contributed by atoms with Gasteiger partial charge in [0.1, 0.15) is 11.6 Å². The number of benzene rings is 1. The van der Waals surface area contributed by atoms with Gasteiger partial charge in [-0.25, -0.2) is 13.6 Å². The van der Waals surface area contributed by atoms with Gasteiger partial charge in [0, 0.05) is 24.2 Å². The van der Waals surface area contributed by atoms with Crippen LogP contribution in [0.2, 0.25) is 0 Å². The largest absolute Gasteiger partial charge is 0.481 e. The zero-order valence-electron chi connectivity index (χ0n) is 11.0. The molecule has 1 aromatic rings. The van der Waals surface area contributed by atoms with Gasteiger partial charge in [0.15, 0.2) is 0 Å². The van der Waals surface area contributed by atoms with Gasteiger partial charge >= 0.3 is 12.0 Å². The van der Waals surface area contributed by atoms with E-state index in [9.17, 15) is 18.4 Å². The summed E-state index contributed by atoms with van der Waals surface area (Å²) >= 11 is 0. The van der Waals surface area contributed by atoms with Crippen molar-refractivity contribution in [3.05, 3.63) is 29.8 Å². The van der Waals surface area contributed by atoms with Crippen molar-refractivity contribution >= 4 is 17.7 Å². The fourth-order valence-electron chi connectivity index (χ4n) is 1.65. The molecule has 0 saturated carbocycles. The number of rotatable bonds is 6. The molecule has 1 unspecified atom stereocenters. The van der Waals surface area contributed by atoms with E-state index < -0.39 is 23.6 Å². The summed E-state index contributed by atoms with van der Waals surface area (Å²) in [6.45, 7) is 1.72. The average Bonchev–Trinajstić information content (AvgIpc) is 2.25. The molecule has 0 spiro atoms. The summed E-state index contributed by atoms with van der Waals surface area (Å²) in [5.74, 6) is -2.46. The lowest BCUT2D eigenvalue weighted by Gasteiger charge is -2.14. The number of carboxylic acids is 1. The molecule has 1 aromatic carbocycles. The first-order valence-corrected chi connectivity index (χ1v) is 6.12. The summed E-state index contributed by atoms with van der Waals surface area (Å²) in [6, 6.07) is 1.86. The van der Waals surface area contributed by atoms with Gasteiger partial charge in [0.25, 0.3) is 0 Å². The van der Waals surface area contributed by atoms with E-state index in [0.717, 1.165) is 12.1 Å². The van der Waals surface area contributed by atoms with Crippen LogP contribution in [-0.4, -0.2) is 23.1 Å². The Bertz CT molecular complexity index is 474. The topological polar surface area (TPSA) is 78.4 Å². The Labute approximate surface area is 115 Å². The fourth-order valence-corrected chi connectivity index (χ4v) is 1.65. The van der Waals surface area contributed by atoms with Gasteiger partial charge in [0.05, 0.1) is 0 Å². The van der Waals surface area contributed by atoms with Crippen LogP contribution < -0.4 is 10.6 Å². The van der Waals surface area contributed by atoms with Crippen LogP contribution in [0.4, 0.5) is 19.3 Å². The molecule has 0 bridgehead atoms. The lowest BCUT2D eigenvalue weighted by atomic mass is 10.1. The van der Waals surface area contributed by atoms with Gasteiger partial charge in [-0.3, -0.25) is 4.79 Å². The van der Waals surface area contributed by atoms with Crippen LogP contribution in [0.15, 0.2) is 18.2 Å². The van der Waals surface area contributed by atoms with Crippen molar-refractivity contribution in [2.24, 2.45) is 0 Å². The molecule has 0 heterocycles. The molecule has 0 aliphatic heterocycles. The molecule has 5 nitrogen and oxygen atoms in total. The van der Waals surface area contributed by atoms with Gasteiger partial charge in [0.2, 0.25) is 0 Å². The smallest absolute Gasteiger partial charge is 0.319 e. The summed E-state index contributed by atoms with van der Waals surface area (Å²) in [5, 5.41) is 13.3. The predicted octanol–water partition coefficient (Wildman–Crippen LogP) is 2.73. The van der Waals surface area contributed by atoms with Gasteiger partial charge in [-0.2, -0.15) is 0 Å². The molecule has 7 heteroatoms. The number of halogens is 2. The minimum absolute atomic E-state index is 0.0118. The molecule has 2 amide bonds. The van der Waals surface area contributed by atoms with Crippen molar-refractivity contribution in [1.82, 2.24) is 5.32 Å². The Kier molecular flexibility index (Phi) is 5.89. The lowest BCUT2D eigenvalue weighted by Crippen LogP contribution is -2.36. The minimum atomic E-state index is -0.892. The van der Waals surface area contributed by atoms with Crippen molar-refractivity contribution in [2.45, 2.75) is 32.2 Å². The molecule has 0 aliphatic rings. The van der Waals surface area contributed by atoms with Gasteiger partial charge in [-0.05, 0) is 31.9 Å². The van der Waals surface area contributed by atoms with Crippen LogP contribution >= 0.6 is 0 Å². The Morgan fingerprint density at radius 1 is 1.25 bits per heavy atom. The van der Waals surface area contributed by atoms with Crippen molar-refractivity contribution < 1.29 is 23.5 Å². The third-order valence-corrected chi connectivity index (χ3v) is 2.53. The summed E-state index contributed by atoms with van der Waals surface area (Å²) in [5.41, 5.74) is 0.0118. The first kappa shape index (κ1) is 15.9. The van der Waals surface area contributed by atoms with E-state index in [2.05, 4.69) is 10.6 Å². The number of carbonyl (C=O) groups is 2. The van der Waals surface area contributed by atoms with Crippen LogP contribution in [0.3, 0.4) is 0 Å². The molecule has 1 atom stereocenters. The zero-order valence-corrected chi connectivity index (χ0v) is 11.0. The quantitative estimate of drug-likeness (QED) is 0.752. The standard InChI is InChI=1S/C13H16F2N2O3/c1-8(3-2-4-12(18)19)16-13(20)17-11-6-9(14)5-10(15)7-11/h5-8H,2-4H2,1H3,(H,18,19)(H2,16,17,20). The highest BCUT2D eigenvalue weighted by atomic mass is 19.1. The highest BCUT2D eigenvalue weighted by Gasteiger charge is 2.09. The maximum Gasteiger partial charge on any atom is 0.319 e. The van der Waals surface area contributed by atoms with Crippen molar-refractivity contribution in [3.63, 3.8) is 0 Å². The van der Waals surface area contributed by atoms with Crippen molar-refractivity contribution in [1.29, 1.82) is 0 Å². The Balaban J connectivity index is 2.40. The highest BCUT2D eigenvalue weighted by molar-refractivity contribution is 5.89. The first-order chi connectivity index (χ1) is 9.36.